The molecule has 8 nitrogen and oxygen atoms in total. The number of benzene rings is 1. The molecule has 1 saturated carbocycles. The number of nitrogens with one attached hydrogen (secondary N) is 2. The monoisotopic (exact) mass is 379 g/mol. The Morgan fingerprint density at radius 1 is 1.35 bits per heavy atom. The lowest BCUT2D eigenvalue weighted by Gasteiger charge is -2.10. The number of rotatable bonds is 6. The van der Waals surface area contributed by atoms with E-state index in [1.165, 1.54) is 18.2 Å². The molecular weight excluding hydrogens is 358 g/mol. The van der Waals surface area contributed by atoms with Crippen molar-refractivity contribution in [2.45, 2.75) is 31.1 Å². The molecule has 2 aliphatic rings. The maximum Gasteiger partial charge on any atom is 0.309 e. The molecule has 0 aromatic heterocycles. The largest absolute Gasteiger partial charge is 0.455 e. The van der Waals surface area contributed by atoms with Crippen molar-refractivity contribution in [3.63, 3.8) is 0 Å². The lowest BCUT2D eigenvalue weighted by molar-refractivity contribution is -0.148. The summed E-state index contributed by atoms with van der Waals surface area (Å²) in [4.78, 5) is 27.6. The summed E-state index contributed by atoms with van der Waals surface area (Å²) in [5, 5.41) is 2.54. The number of carbonyl (C=O) groups excluding carboxylic acids is 2. The molecule has 1 aromatic rings. The van der Waals surface area contributed by atoms with Gasteiger partial charge in [0.25, 0.3) is 15.9 Å². The van der Waals surface area contributed by atoms with Crippen LogP contribution in [0, 0.1) is 11.8 Å². The van der Waals surface area contributed by atoms with E-state index >= 15 is 0 Å². The normalized spacial score (nSPS) is 21.7. The van der Waals surface area contributed by atoms with E-state index in [0.717, 1.165) is 12.8 Å². The quantitative estimate of drug-likeness (QED) is 0.723. The molecule has 1 amide bonds. The molecule has 3 rings (SSSR count). The highest BCUT2D eigenvalue weighted by atomic mass is 32.2. The molecule has 0 bridgehead atoms. The summed E-state index contributed by atoms with van der Waals surface area (Å²) < 4.78 is 32.2. The first-order valence-electron chi connectivity index (χ1n) is 8.48. The minimum Gasteiger partial charge on any atom is -0.455 e. The van der Waals surface area contributed by atoms with Gasteiger partial charge in [0.1, 0.15) is 5.84 Å². The number of sulfonamides is 1. The number of nitrogens with zero attached hydrogens (tertiary/aromatic N) is 1. The van der Waals surface area contributed by atoms with E-state index in [-0.39, 0.29) is 16.8 Å². The zero-order valence-electron chi connectivity index (χ0n) is 14.4. The van der Waals surface area contributed by atoms with Gasteiger partial charge in [0.2, 0.25) is 0 Å². The molecule has 1 aliphatic carbocycles. The van der Waals surface area contributed by atoms with Crippen molar-refractivity contribution in [3.05, 3.63) is 24.3 Å². The first-order valence-corrected chi connectivity index (χ1v) is 9.96. The molecule has 2 N–H and O–H groups in total. The van der Waals surface area contributed by atoms with Crippen LogP contribution in [0.15, 0.2) is 34.2 Å². The Morgan fingerprint density at radius 2 is 2.12 bits per heavy atom. The first-order chi connectivity index (χ1) is 12.3. The van der Waals surface area contributed by atoms with Crippen molar-refractivity contribution in [1.82, 2.24) is 4.72 Å². The van der Waals surface area contributed by atoms with Crippen LogP contribution >= 0.6 is 0 Å². The number of hydrogen-bond donors (Lipinski definition) is 2. The van der Waals surface area contributed by atoms with Crippen molar-refractivity contribution < 1.29 is 22.7 Å². The van der Waals surface area contributed by atoms with E-state index in [9.17, 15) is 18.0 Å². The molecule has 1 aliphatic heterocycles. The van der Waals surface area contributed by atoms with E-state index < -0.39 is 22.5 Å². The van der Waals surface area contributed by atoms with Crippen molar-refractivity contribution in [2.75, 3.05) is 18.5 Å². The van der Waals surface area contributed by atoms with E-state index in [4.69, 9.17) is 4.74 Å². The number of hydrogen-bond acceptors (Lipinski definition) is 6. The van der Waals surface area contributed by atoms with Gasteiger partial charge in [-0.2, -0.15) is 0 Å². The number of amidine groups is 1. The van der Waals surface area contributed by atoms with E-state index in [2.05, 4.69) is 15.0 Å². The predicted molar refractivity (Wildman–Crippen MR) is 95.2 cm³/mol. The molecule has 0 saturated heterocycles. The smallest absolute Gasteiger partial charge is 0.309 e. The summed E-state index contributed by atoms with van der Waals surface area (Å²) in [6.07, 6.45) is 2.21. The number of aliphatic imine (C=N–C) groups is 1. The van der Waals surface area contributed by atoms with Gasteiger partial charge in [0, 0.05) is 18.7 Å². The average Bonchev–Trinajstić information content (AvgIpc) is 3.11. The molecule has 2 atom stereocenters. The molecule has 1 fully saturated rings. The van der Waals surface area contributed by atoms with Gasteiger partial charge < -0.3 is 10.1 Å². The topological polar surface area (TPSA) is 114 Å². The number of ether oxygens (including phenoxy) is 1. The van der Waals surface area contributed by atoms with Crippen molar-refractivity contribution in [2.24, 2.45) is 16.8 Å². The van der Waals surface area contributed by atoms with Crippen LogP contribution in [0.25, 0.3) is 0 Å². The Hall–Kier alpha value is -2.42. The highest BCUT2D eigenvalue weighted by Gasteiger charge is 2.40. The third-order valence-corrected chi connectivity index (χ3v) is 5.69. The summed E-state index contributed by atoms with van der Waals surface area (Å²) in [6, 6.07) is 5.87. The molecule has 140 valence electrons. The third kappa shape index (κ3) is 4.60. The zero-order valence-corrected chi connectivity index (χ0v) is 15.2. The van der Waals surface area contributed by atoms with Crippen LogP contribution in [-0.2, 0) is 24.3 Å². The maximum atomic E-state index is 12.4. The molecule has 0 spiro atoms. The van der Waals surface area contributed by atoms with Gasteiger partial charge in [-0.15, -0.1) is 0 Å². The van der Waals surface area contributed by atoms with Crippen LogP contribution in [0.3, 0.4) is 0 Å². The van der Waals surface area contributed by atoms with E-state index in [0.29, 0.717) is 30.4 Å². The lowest BCUT2D eigenvalue weighted by atomic mass is 10.3. The fraction of sp³-hybridized carbons (Fsp3) is 0.471. The fourth-order valence-corrected chi connectivity index (χ4v) is 3.80. The number of anilines is 1. The van der Waals surface area contributed by atoms with Gasteiger partial charge in [0.15, 0.2) is 6.61 Å². The van der Waals surface area contributed by atoms with Crippen LogP contribution in [0.5, 0.6) is 0 Å². The van der Waals surface area contributed by atoms with Gasteiger partial charge in [-0.05, 0) is 37.0 Å². The second-order valence-electron chi connectivity index (χ2n) is 6.54. The average molecular weight is 379 g/mol. The van der Waals surface area contributed by atoms with Crippen LogP contribution in [0.1, 0.15) is 26.2 Å². The molecule has 9 heteroatoms. The standard InChI is InChI=1S/C17H21N3O5S/c1-11-8-14(11)17(22)25-10-16(21)19-12-4-2-5-13(9-12)26(23,24)20-15-6-3-7-18-15/h2,4-5,9,11,14H,3,6-8,10H2,1H3,(H,18,20)(H,19,21)/t11-,14+/m1/s1. The Kier molecular flexibility index (Phi) is 5.26. The molecule has 0 radical (unpaired) electrons. The summed E-state index contributed by atoms with van der Waals surface area (Å²) >= 11 is 0. The van der Waals surface area contributed by atoms with Crippen molar-refractivity contribution in [3.8, 4) is 0 Å². The van der Waals surface area contributed by atoms with Gasteiger partial charge in [-0.1, -0.05) is 13.0 Å². The highest BCUT2D eigenvalue weighted by molar-refractivity contribution is 7.90. The Morgan fingerprint density at radius 3 is 2.77 bits per heavy atom. The zero-order chi connectivity index (χ0) is 18.7. The van der Waals surface area contributed by atoms with Gasteiger partial charge in [0.05, 0.1) is 10.8 Å². The fourth-order valence-electron chi connectivity index (χ4n) is 2.67. The van der Waals surface area contributed by atoms with Crippen LogP contribution in [-0.4, -0.2) is 39.3 Å². The second kappa shape index (κ2) is 7.45. The van der Waals surface area contributed by atoms with Crippen LogP contribution in [0.4, 0.5) is 5.69 Å². The van der Waals surface area contributed by atoms with Crippen molar-refractivity contribution >= 4 is 33.4 Å². The molecular formula is C17H21N3O5S. The Labute approximate surface area is 152 Å². The molecule has 1 aromatic carbocycles. The molecule has 1 heterocycles. The Bertz CT molecular complexity index is 850. The van der Waals surface area contributed by atoms with Gasteiger partial charge in [-0.25, -0.2) is 8.42 Å². The van der Waals surface area contributed by atoms with E-state index in [1.54, 1.807) is 6.07 Å². The van der Waals surface area contributed by atoms with Gasteiger partial charge in [-0.3, -0.25) is 19.3 Å². The summed E-state index contributed by atoms with van der Waals surface area (Å²) in [5.41, 5.74) is 0.307. The second-order valence-corrected chi connectivity index (χ2v) is 8.22. The number of esters is 1. The Balaban J connectivity index is 1.58. The third-order valence-electron chi connectivity index (χ3n) is 4.31. The van der Waals surface area contributed by atoms with Crippen molar-refractivity contribution in [1.29, 1.82) is 0 Å². The highest BCUT2D eigenvalue weighted by Crippen LogP contribution is 2.38. The predicted octanol–water partition coefficient (Wildman–Crippen LogP) is 1.29. The molecule has 26 heavy (non-hydrogen) atoms. The number of amides is 1. The van der Waals surface area contributed by atoms with Crippen LogP contribution in [0.2, 0.25) is 0 Å². The SMILES string of the molecule is C[C@@H]1C[C@@H]1C(=O)OCC(=O)Nc1cccc(S(=O)(=O)NC2=NCCC2)c1. The van der Waals surface area contributed by atoms with Gasteiger partial charge >= 0.3 is 5.97 Å². The minimum atomic E-state index is -3.75. The van der Waals surface area contributed by atoms with E-state index in [1.807, 2.05) is 6.92 Å². The van der Waals surface area contributed by atoms with Crippen LogP contribution < -0.4 is 10.0 Å². The molecule has 0 unspecified atom stereocenters. The summed E-state index contributed by atoms with van der Waals surface area (Å²) in [6.45, 7) is 2.17. The lowest BCUT2D eigenvalue weighted by Crippen LogP contribution is -2.29. The number of carbonyl (C=O) groups is 2. The minimum absolute atomic E-state index is 0.0219. The summed E-state index contributed by atoms with van der Waals surface area (Å²) in [5.74, 6) is -0.245. The maximum absolute atomic E-state index is 12.4. The summed E-state index contributed by atoms with van der Waals surface area (Å²) in [7, 11) is -3.75. The first kappa shape index (κ1) is 18.4.